The lowest BCUT2D eigenvalue weighted by atomic mass is 9.82. The van der Waals surface area contributed by atoms with Gasteiger partial charge in [-0.05, 0) is 12.3 Å². The summed E-state index contributed by atoms with van der Waals surface area (Å²) in [6.07, 6.45) is 8.38. The quantitative estimate of drug-likeness (QED) is 0.387. The number of nitrogens with zero attached hydrogens (tertiary/aromatic N) is 1. The van der Waals surface area contributed by atoms with E-state index in [-0.39, 0.29) is 17.4 Å². The fraction of sp³-hybridized carbons (Fsp3) is 0.909. The van der Waals surface area contributed by atoms with Gasteiger partial charge in [0, 0.05) is 17.3 Å². The summed E-state index contributed by atoms with van der Waals surface area (Å²) in [5, 5.41) is 10.2. The molecular formula is C11H19NO3. The predicted molar refractivity (Wildman–Crippen MR) is 57.2 cm³/mol. The van der Waals surface area contributed by atoms with Crippen molar-refractivity contribution >= 4 is 6.29 Å². The molecule has 1 fully saturated rings. The van der Waals surface area contributed by atoms with E-state index >= 15 is 0 Å². The molecule has 4 heteroatoms. The smallest absolute Gasteiger partial charge is 0.204 e. The zero-order chi connectivity index (χ0) is 11.1. The van der Waals surface area contributed by atoms with Crippen molar-refractivity contribution in [3.05, 3.63) is 10.1 Å². The van der Waals surface area contributed by atoms with E-state index in [4.69, 9.17) is 0 Å². The van der Waals surface area contributed by atoms with E-state index in [1.807, 2.05) is 0 Å². The van der Waals surface area contributed by atoms with E-state index in [1.165, 1.54) is 32.1 Å². The maximum Gasteiger partial charge on any atom is 0.204 e. The van der Waals surface area contributed by atoms with Crippen molar-refractivity contribution in [2.45, 2.75) is 44.9 Å². The molecule has 0 unspecified atom stereocenters. The van der Waals surface area contributed by atoms with Crippen molar-refractivity contribution in [2.75, 3.05) is 6.54 Å². The Labute approximate surface area is 90.2 Å². The van der Waals surface area contributed by atoms with E-state index < -0.39 is 0 Å². The highest BCUT2D eigenvalue weighted by Crippen LogP contribution is 2.29. The van der Waals surface area contributed by atoms with Gasteiger partial charge in [0.2, 0.25) is 6.54 Å². The lowest BCUT2D eigenvalue weighted by Crippen LogP contribution is -2.16. The molecule has 0 aromatic carbocycles. The van der Waals surface area contributed by atoms with Gasteiger partial charge in [-0.15, -0.1) is 0 Å². The molecule has 1 saturated carbocycles. The normalized spacial score (nSPS) is 19.7. The van der Waals surface area contributed by atoms with Crippen molar-refractivity contribution in [2.24, 2.45) is 11.8 Å². The van der Waals surface area contributed by atoms with E-state index in [1.54, 1.807) is 0 Å². The molecule has 1 aliphatic rings. The van der Waals surface area contributed by atoms with Crippen LogP contribution in [0.25, 0.3) is 0 Å². The standard InChI is InChI=1S/C11H19NO3/c13-9-11(6-7-12(14)15)8-10-4-2-1-3-5-10/h9-11H,1-8H2/t11-/m0/s1. The number of carbonyl (C=O) groups is 1. The molecule has 0 aliphatic heterocycles. The molecule has 4 nitrogen and oxygen atoms in total. The Kier molecular flexibility index (Phi) is 5.29. The van der Waals surface area contributed by atoms with Crippen molar-refractivity contribution in [1.29, 1.82) is 0 Å². The maximum atomic E-state index is 10.8. The number of nitro groups is 1. The van der Waals surface area contributed by atoms with Crippen molar-refractivity contribution in [3.8, 4) is 0 Å². The lowest BCUT2D eigenvalue weighted by Gasteiger charge is -2.23. The fourth-order valence-electron chi connectivity index (χ4n) is 2.36. The summed E-state index contributed by atoms with van der Waals surface area (Å²) in [7, 11) is 0. The SMILES string of the molecule is O=C[C@@H](CC[N+](=O)[O-])CC1CCCCC1. The molecule has 0 heterocycles. The topological polar surface area (TPSA) is 60.2 Å². The Morgan fingerprint density at radius 2 is 2.00 bits per heavy atom. The molecule has 0 aromatic rings. The third-order valence-corrected chi connectivity index (χ3v) is 3.24. The lowest BCUT2D eigenvalue weighted by molar-refractivity contribution is -0.481. The Bertz CT molecular complexity index is 212. The molecule has 0 bridgehead atoms. The maximum absolute atomic E-state index is 10.8. The monoisotopic (exact) mass is 213 g/mol. The van der Waals surface area contributed by atoms with Gasteiger partial charge < -0.3 is 4.79 Å². The van der Waals surface area contributed by atoms with Crippen LogP contribution < -0.4 is 0 Å². The Balaban J connectivity index is 2.25. The molecule has 15 heavy (non-hydrogen) atoms. The summed E-state index contributed by atoms with van der Waals surface area (Å²) in [6, 6.07) is 0. The zero-order valence-corrected chi connectivity index (χ0v) is 9.06. The van der Waals surface area contributed by atoms with Gasteiger partial charge in [-0.3, -0.25) is 10.1 Å². The molecule has 0 radical (unpaired) electrons. The average molecular weight is 213 g/mol. The Morgan fingerprint density at radius 1 is 1.33 bits per heavy atom. The second-order valence-electron chi connectivity index (χ2n) is 4.48. The van der Waals surface area contributed by atoms with Gasteiger partial charge in [0.05, 0.1) is 0 Å². The van der Waals surface area contributed by atoms with Crippen LogP contribution in [0.1, 0.15) is 44.9 Å². The molecule has 0 N–H and O–H groups in total. The minimum Gasteiger partial charge on any atom is -0.303 e. The molecule has 0 amide bonds. The minimum atomic E-state index is -0.336. The van der Waals surface area contributed by atoms with Gasteiger partial charge >= 0.3 is 0 Å². The molecule has 0 aromatic heterocycles. The summed E-state index contributed by atoms with van der Waals surface area (Å²) in [5.74, 6) is 0.527. The summed E-state index contributed by atoms with van der Waals surface area (Å²) in [4.78, 5) is 20.6. The first-order chi connectivity index (χ1) is 7.22. The van der Waals surface area contributed by atoms with Gasteiger partial charge in [-0.1, -0.05) is 32.1 Å². The van der Waals surface area contributed by atoms with Crippen LogP contribution in [0.2, 0.25) is 0 Å². The van der Waals surface area contributed by atoms with Crippen molar-refractivity contribution < 1.29 is 9.72 Å². The van der Waals surface area contributed by atoms with Crippen LogP contribution in [0.5, 0.6) is 0 Å². The second kappa shape index (κ2) is 6.53. The Morgan fingerprint density at radius 3 is 2.53 bits per heavy atom. The molecular weight excluding hydrogens is 194 g/mol. The number of aldehydes is 1. The van der Waals surface area contributed by atoms with Gasteiger partial charge in [0.1, 0.15) is 6.29 Å². The van der Waals surface area contributed by atoms with Crippen molar-refractivity contribution in [1.82, 2.24) is 0 Å². The van der Waals surface area contributed by atoms with E-state index in [0.717, 1.165) is 12.7 Å². The summed E-state index contributed by atoms with van der Waals surface area (Å²) in [5.41, 5.74) is 0. The second-order valence-corrected chi connectivity index (χ2v) is 4.48. The first-order valence-electron chi connectivity index (χ1n) is 5.79. The van der Waals surface area contributed by atoms with Crippen LogP contribution in [0, 0.1) is 22.0 Å². The first kappa shape index (κ1) is 12.1. The van der Waals surface area contributed by atoms with Gasteiger partial charge in [0.25, 0.3) is 0 Å². The molecule has 86 valence electrons. The first-order valence-corrected chi connectivity index (χ1v) is 5.79. The molecule has 1 aliphatic carbocycles. The summed E-state index contributed by atoms with van der Waals surface area (Å²) < 4.78 is 0. The molecule has 0 saturated heterocycles. The van der Waals surface area contributed by atoms with Crippen molar-refractivity contribution in [3.63, 3.8) is 0 Å². The largest absolute Gasteiger partial charge is 0.303 e. The summed E-state index contributed by atoms with van der Waals surface area (Å²) in [6.45, 7) is -0.0733. The van der Waals surface area contributed by atoms with Crippen LogP contribution in [0.4, 0.5) is 0 Å². The summed E-state index contributed by atoms with van der Waals surface area (Å²) >= 11 is 0. The fourth-order valence-corrected chi connectivity index (χ4v) is 2.36. The van der Waals surface area contributed by atoms with Crippen LogP contribution >= 0.6 is 0 Å². The van der Waals surface area contributed by atoms with Crippen LogP contribution in [-0.2, 0) is 4.79 Å². The van der Waals surface area contributed by atoms with Gasteiger partial charge in [-0.25, -0.2) is 0 Å². The molecule has 1 rings (SSSR count). The van der Waals surface area contributed by atoms with Crippen LogP contribution in [0.3, 0.4) is 0 Å². The predicted octanol–water partition coefficient (Wildman–Crippen LogP) is 2.44. The van der Waals surface area contributed by atoms with Gasteiger partial charge in [0.15, 0.2) is 0 Å². The van der Waals surface area contributed by atoms with Crippen LogP contribution in [-0.4, -0.2) is 17.8 Å². The van der Waals surface area contributed by atoms with E-state index in [0.29, 0.717) is 12.3 Å². The highest BCUT2D eigenvalue weighted by atomic mass is 16.6. The van der Waals surface area contributed by atoms with Gasteiger partial charge in [-0.2, -0.15) is 0 Å². The number of carbonyl (C=O) groups excluding carboxylic acids is 1. The number of rotatable bonds is 6. The highest BCUT2D eigenvalue weighted by molar-refractivity contribution is 5.53. The molecule has 1 atom stereocenters. The minimum absolute atomic E-state index is 0.0733. The van der Waals surface area contributed by atoms with E-state index in [2.05, 4.69) is 0 Å². The average Bonchev–Trinajstić information content (AvgIpc) is 2.25. The zero-order valence-electron chi connectivity index (χ0n) is 9.06. The molecule has 0 spiro atoms. The van der Waals surface area contributed by atoms with Crippen LogP contribution in [0.15, 0.2) is 0 Å². The number of hydrogen-bond donors (Lipinski definition) is 0. The third-order valence-electron chi connectivity index (χ3n) is 3.24. The number of hydrogen-bond acceptors (Lipinski definition) is 3. The van der Waals surface area contributed by atoms with E-state index in [9.17, 15) is 14.9 Å². The third kappa shape index (κ3) is 4.91. The Hall–Kier alpha value is -0.930. The highest BCUT2D eigenvalue weighted by Gasteiger charge is 2.19.